The van der Waals surface area contributed by atoms with Crippen molar-refractivity contribution >= 4 is 5.91 Å². The topological polar surface area (TPSA) is 75.9 Å². The Morgan fingerprint density at radius 3 is 2.83 bits per heavy atom. The Balaban J connectivity index is 1.73. The van der Waals surface area contributed by atoms with Crippen LogP contribution in [0, 0.1) is 5.92 Å². The summed E-state index contributed by atoms with van der Waals surface area (Å²) in [5.41, 5.74) is 0. The number of hydrogen-bond donors (Lipinski definition) is 1. The third kappa shape index (κ3) is 3.49. The molecule has 0 aromatic carbocycles. The van der Waals surface area contributed by atoms with E-state index >= 15 is 0 Å². The van der Waals surface area contributed by atoms with E-state index in [2.05, 4.69) is 20.8 Å². The maximum absolute atomic E-state index is 12.0. The van der Waals surface area contributed by atoms with Crippen molar-refractivity contribution in [3.05, 3.63) is 6.33 Å². The zero-order chi connectivity index (χ0) is 12.8. The van der Waals surface area contributed by atoms with Crippen molar-refractivity contribution in [2.75, 3.05) is 26.7 Å². The molecule has 0 bridgehead atoms. The van der Waals surface area contributed by atoms with Crippen LogP contribution in [0.2, 0.25) is 0 Å². The van der Waals surface area contributed by atoms with Crippen LogP contribution in [0.5, 0.6) is 0 Å². The first-order valence-corrected chi connectivity index (χ1v) is 6.42. The van der Waals surface area contributed by atoms with E-state index in [1.165, 1.54) is 17.4 Å². The highest BCUT2D eigenvalue weighted by Gasteiger charge is 2.22. The van der Waals surface area contributed by atoms with Gasteiger partial charge in [-0.15, -0.1) is 5.10 Å². The SMILES string of the molecule is CNCCC1CCN(C(=O)Cn2cnnn2)CC1. The van der Waals surface area contributed by atoms with Crippen molar-refractivity contribution in [3.63, 3.8) is 0 Å². The maximum atomic E-state index is 12.0. The molecule has 0 unspecified atom stereocenters. The number of hydrogen-bond acceptors (Lipinski definition) is 5. The average Bonchev–Trinajstić information content (AvgIpc) is 2.89. The molecule has 2 rings (SSSR count). The Kier molecular flexibility index (Phi) is 4.63. The lowest BCUT2D eigenvalue weighted by Gasteiger charge is -2.32. The highest BCUT2D eigenvalue weighted by molar-refractivity contribution is 5.75. The van der Waals surface area contributed by atoms with Gasteiger partial charge in [-0.1, -0.05) is 0 Å². The predicted octanol–water partition coefficient (Wildman–Crippen LogP) is -0.479. The van der Waals surface area contributed by atoms with Gasteiger partial charge in [-0.25, -0.2) is 4.68 Å². The molecule has 1 aliphatic heterocycles. The number of likely N-dealkylation sites (tertiary alicyclic amines) is 1. The average molecular weight is 252 g/mol. The summed E-state index contributed by atoms with van der Waals surface area (Å²) < 4.78 is 1.47. The number of nitrogens with one attached hydrogen (secondary N) is 1. The summed E-state index contributed by atoms with van der Waals surface area (Å²) in [7, 11) is 1.98. The molecule has 1 N–H and O–H groups in total. The molecule has 1 aromatic rings. The normalized spacial score (nSPS) is 17.1. The second kappa shape index (κ2) is 6.44. The van der Waals surface area contributed by atoms with Crippen molar-refractivity contribution in [1.29, 1.82) is 0 Å². The van der Waals surface area contributed by atoms with Crippen LogP contribution in [0.3, 0.4) is 0 Å². The highest BCUT2D eigenvalue weighted by atomic mass is 16.2. The zero-order valence-corrected chi connectivity index (χ0v) is 10.7. The molecule has 0 saturated carbocycles. The minimum Gasteiger partial charge on any atom is -0.341 e. The Morgan fingerprint density at radius 2 is 2.22 bits per heavy atom. The standard InChI is InChI=1S/C11H20N6O/c1-12-5-2-10-3-6-16(7-4-10)11(18)8-17-9-13-14-15-17/h9-10,12H,2-8H2,1H3. The van der Waals surface area contributed by atoms with Crippen molar-refractivity contribution in [2.24, 2.45) is 5.92 Å². The maximum Gasteiger partial charge on any atom is 0.244 e. The molecule has 1 saturated heterocycles. The van der Waals surface area contributed by atoms with Gasteiger partial charge in [0.15, 0.2) is 0 Å². The Hall–Kier alpha value is -1.50. The number of piperidine rings is 1. The van der Waals surface area contributed by atoms with Crippen LogP contribution < -0.4 is 5.32 Å². The lowest BCUT2D eigenvalue weighted by molar-refractivity contribution is -0.133. The van der Waals surface area contributed by atoms with E-state index in [0.717, 1.165) is 38.4 Å². The number of tetrazole rings is 1. The van der Waals surface area contributed by atoms with Gasteiger partial charge in [0.05, 0.1) is 0 Å². The van der Waals surface area contributed by atoms with Gasteiger partial charge < -0.3 is 10.2 Å². The molecule has 0 spiro atoms. The Labute approximate surface area is 107 Å². The van der Waals surface area contributed by atoms with Crippen molar-refractivity contribution in [3.8, 4) is 0 Å². The number of rotatable bonds is 5. The van der Waals surface area contributed by atoms with Gasteiger partial charge in [0.25, 0.3) is 0 Å². The molecule has 1 amide bonds. The molecule has 7 nitrogen and oxygen atoms in total. The predicted molar refractivity (Wildman–Crippen MR) is 65.7 cm³/mol. The molecule has 1 aliphatic rings. The van der Waals surface area contributed by atoms with Crippen LogP contribution in [0.1, 0.15) is 19.3 Å². The molecule has 7 heteroatoms. The monoisotopic (exact) mass is 252 g/mol. The zero-order valence-electron chi connectivity index (χ0n) is 10.7. The lowest BCUT2D eigenvalue weighted by Crippen LogP contribution is -2.40. The van der Waals surface area contributed by atoms with E-state index in [0.29, 0.717) is 0 Å². The summed E-state index contributed by atoms with van der Waals surface area (Å²) in [6.45, 7) is 3.02. The fraction of sp³-hybridized carbons (Fsp3) is 0.818. The largest absolute Gasteiger partial charge is 0.341 e. The Morgan fingerprint density at radius 1 is 1.44 bits per heavy atom. The smallest absolute Gasteiger partial charge is 0.244 e. The Bertz CT molecular complexity index is 358. The van der Waals surface area contributed by atoms with E-state index in [4.69, 9.17) is 0 Å². The van der Waals surface area contributed by atoms with Crippen LogP contribution in [0.4, 0.5) is 0 Å². The van der Waals surface area contributed by atoms with E-state index in [1.807, 2.05) is 11.9 Å². The van der Waals surface area contributed by atoms with E-state index in [9.17, 15) is 4.79 Å². The van der Waals surface area contributed by atoms with E-state index in [-0.39, 0.29) is 12.5 Å². The molecule has 100 valence electrons. The first-order chi connectivity index (χ1) is 8.79. The summed E-state index contributed by atoms with van der Waals surface area (Å²) in [5.74, 6) is 0.851. The van der Waals surface area contributed by atoms with Gasteiger partial charge in [0.1, 0.15) is 12.9 Å². The van der Waals surface area contributed by atoms with Crippen molar-refractivity contribution < 1.29 is 4.79 Å². The fourth-order valence-electron chi connectivity index (χ4n) is 2.31. The first kappa shape index (κ1) is 12.9. The molecule has 0 radical (unpaired) electrons. The number of aromatic nitrogens is 4. The number of carbonyl (C=O) groups excluding carboxylic acids is 1. The molecule has 18 heavy (non-hydrogen) atoms. The van der Waals surface area contributed by atoms with Crippen molar-refractivity contribution in [2.45, 2.75) is 25.8 Å². The van der Waals surface area contributed by atoms with Crippen LogP contribution in [-0.2, 0) is 11.3 Å². The number of amides is 1. The van der Waals surface area contributed by atoms with Gasteiger partial charge in [-0.05, 0) is 49.2 Å². The number of carbonyl (C=O) groups is 1. The van der Waals surface area contributed by atoms with Gasteiger partial charge in [0.2, 0.25) is 5.91 Å². The minimum absolute atomic E-state index is 0.106. The van der Waals surface area contributed by atoms with Crippen LogP contribution in [0.25, 0.3) is 0 Å². The van der Waals surface area contributed by atoms with Gasteiger partial charge >= 0.3 is 0 Å². The second-order valence-corrected chi connectivity index (χ2v) is 4.72. The molecule has 1 fully saturated rings. The summed E-state index contributed by atoms with van der Waals surface area (Å²) in [6.07, 6.45) is 4.87. The molecule has 2 heterocycles. The summed E-state index contributed by atoms with van der Waals surface area (Å²) >= 11 is 0. The highest BCUT2D eigenvalue weighted by Crippen LogP contribution is 2.20. The summed E-state index contributed by atoms with van der Waals surface area (Å²) in [5, 5.41) is 13.9. The summed E-state index contributed by atoms with van der Waals surface area (Å²) in [6, 6.07) is 0. The van der Waals surface area contributed by atoms with Crippen LogP contribution in [0.15, 0.2) is 6.33 Å². The second-order valence-electron chi connectivity index (χ2n) is 4.72. The van der Waals surface area contributed by atoms with Gasteiger partial charge in [-0.2, -0.15) is 0 Å². The van der Waals surface area contributed by atoms with E-state index < -0.39 is 0 Å². The minimum atomic E-state index is 0.106. The fourth-order valence-corrected chi connectivity index (χ4v) is 2.31. The quantitative estimate of drug-likeness (QED) is 0.766. The van der Waals surface area contributed by atoms with Crippen LogP contribution in [-0.4, -0.2) is 57.7 Å². The van der Waals surface area contributed by atoms with Gasteiger partial charge in [-0.3, -0.25) is 4.79 Å². The summed E-state index contributed by atoms with van der Waals surface area (Å²) in [4.78, 5) is 13.9. The van der Waals surface area contributed by atoms with E-state index in [1.54, 1.807) is 0 Å². The van der Waals surface area contributed by atoms with Crippen molar-refractivity contribution in [1.82, 2.24) is 30.4 Å². The van der Waals surface area contributed by atoms with Gasteiger partial charge in [0, 0.05) is 13.1 Å². The third-order valence-electron chi connectivity index (χ3n) is 3.46. The van der Waals surface area contributed by atoms with Crippen LogP contribution >= 0.6 is 0 Å². The molecule has 0 aliphatic carbocycles. The number of nitrogens with zero attached hydrogens (tertiary/aromatic N) is 5. The molecule has 1 aromatic heterocycles. The molecular weight excluding hydrogens is 232 g/mol. The lowest BCUT2D eigenvalue weighted by atomic mass is 9.93. The third-order valence-corrected chi connectivity index (χ3v) is 3.46. The molecule has 0 atom stereocenters. The molecular formula is C11H20N6O. The first-order valence-electron chi connectivity index (χ1n) is 6.42.